The molecule has 2 aromatic rings. The van der Waals surface area contributed by atoms with Crippen LogP contribution in [0.5, 0.6) is 0 Å². The first-order valence-electron chi connectivity index (χ1n) is 7.66. The summed E-state index contributed by atoms with van der Waals surface area (Å²) in [6.45, 7) is 1.14. The summed E-state index contributed by atoms with van der Waals surface area (Å²) in [5.74, 6) is -0.952. The third kappa shape index (κ3) is 2.24. The van der Waals surface area contributed by atoms with Gasteiger partial charge < -0.3 is 10.6 Å². The van der Waals surface area contributed by atoms with Crippen molar-refractivity contribution in [3.63, 3.8) is 0 Å². The number of rotatable bonds is 2. The molecule has 2 aliphatic rings. The largest absolute Gasteiger partial charge is 0.368 e. The minimum atomic E-state index is -2.51. The van der Waals surface area contributed by atoms with Gasteiger partial charge in [-0.1, -0.05) is 0 Å². The van der Waals surface area contributed by atoms with E-state index in [1.54, 1.807) is 13.2 Å². The number of anilines is 2. The summed E-state index contributed by atoms with van der Waals surface area (Å²) in [6.07, 6.45) is 3.05. The van der Waals surface area contributed by atoms with Crippen LogP contribution in [-0.2, 0) is 7.05 Å². The van der Waals surface area contributed by atoms with Crippen LogP contribution in [-0.4, -0.2) is 38.8 Å². The number of halogens is 2. The van der Waals surface area contributed by atoms with Crippen molar-refractivity contribution >= 4 is 11.8 Å². The second-order valence-electron chi connectivity index (χ2n) is 6.51. The molecule has 1 aliphatic heterocycles. The highest BCUT2D eigenvalue weighted by Gasteiger charge is 2.71. The van der Waals surface area contributed by atoms with Crippen LogP contribution >= 0.6 is 0 Å². The van der Waals surface area contributed by atoms with E-state index in [1.165, 1.54) is 4.68 Å². The second kappa shape index (κ2) is 4.62. The summed E-state index contributed by atoms with van der Waals surface area (Å²) in [5.41, 5.74) is 5.60. The molecule has 0 aromatic carbocycles. The number of pyridine rings is 1. The van der Waals surface area contributed by atoms with Crippen molar-refractivity contribution in [1.29, 1.82) is 0 Å². The van der Waals surface area contributed by atoms with Gasteiger partial charge in [0.15, 0.2) is 5.82 Å². The highest BCUT2D eigenvalue weighted by Crippen LogP contribution is 2.64. The predicted octanol–water partition coefficient (Wildman–Crippen LogP) is 2.08. The molecule has 1 aliphatic carbocycles. The second-order valence-corrected chi connectivity index (χ2v) is 6.51. The molecule has 0 bridgehead atoms. The first-order chi connectivity index (χ1) is 10.9. The van der Waals surface area contributed by atoms with Crippen LogP contribution in [0.3, 0.4) is 0 Å². The SMILES string of the molecule is Cn1nc(-c2ccc(N3CCCC4(C3)CC4(F)F)nc2)nc1N. The Morgan fingerprint density at radius 3 is 2.65 bits per heavy atom. The zero-order chi connectivity index (χ0) is 16.2. The summed E-state index contributed by atoms with van der Waals surface area (Å²) >= 11 is 0. The Labute approximate surface area is 132 Å². The lowest BCUT2D eigenvalue weighted by Crippen LogP contribution is -2.39. The molecular formula is C15H18F2N6. The molecule has 3 heterocycles. The van der Waals surface area contributed by atoms with Gasteiger partial charge in [-0.3, -0.25) is 0 Å². The van der Waals surface area contributed by atoms with E-state index in [-0.39, 0.29) is 6.42 Å². The maximum absolute atomic E-state index is 13.6. The average Bonchev–Trinajstić information content (AvgIpc) is 2.85. The third-order valence-electron chi connectivity index (χ3n) is 4.91. The quantitative estimate of drug-likeness (QED) is 0.917. The Morgan fingerprint density at radius 1 is 1.30 bits per heavy atom. The zero-order valence-electron chi connectivity index (χ0n) is 12.8. The summed E-state index contributed by atoms with van der Waals surface area (Å²) in [6, 6.07) is 3.69. The lowest BCUT2D eigenvalue weighted by atomic mass is 9.94. The lowest BCUT2D eigenvalue weighted by Gasteiger charge is -2.33. The minimum absolute atomic E-state index is 0.00567. The number of nitrogen functional groups attached to an aromatic ring is 1. The lowest BCUT2D eigenvalue weighted by molar-refractivity contribution is 0.0575. The molecule has 8 heteroatoms. The molecule has 1 saturated carbocycles. The molecular weight excluding hydrogens is 302 g/mol. The fraction of sp³-hybridized carbons (Fsp3) is 0.533. The predicted molar refractivity (Wildman–Crippen MR) is 82.1 cm³/mol. The molecule has 1 unspecified atom stereocenters. The number of piperidine rings is 1. The van der Waals surface area contributed by atoms with Gasteiger partial charge in [0, 0.05) is 38.3 Å². The van der Waals surface area contributed by atoms with Crippen LogP contribution in [0, 0.1) is 5.41 Å². The molecule has 1 atom stereocenters. The van der Waals surface area contributed by atoms with Crippen LogP contribution in [0.1, 0.15) is 19.3 Å². The van der Waals surface area contributed by atoms with Crippen molar-refractivity contribution in [2.24, 2.45) is 12.5 Å². The van der Waals surface area contributed by atoms with Crippen LogP contribution in [0.2, 0.25) is 0 Å². The Kier molecular flexibility index (Phi) is 2.88. The third-order valence-corrected chi connectivity index (χ3v) is 4.91. The molecule has 23 heavy (non-hydrogen) atoms. The Hall–Kier alpha value is -2.25. The molecule has 0 radical (unpaired) electrons. The fourth-order valence-corrected chi connectivity index (χ4v) is 3.38. The molecule has 122 valence electrons. The monoisotopic (exact) mass is 320 g/mol. The van der Waals surface area contributed by atoms with E-state index in [1.807, 2.05) is 17.0 Å². The first-order valence-corrected chi connectivity index (χ1v) is 7.66. The van der Waals surface area contributed by atoms with Crippen molar-refractivity contribution in [2.75, 3.05) is 23.7 Å². The molecule has 0 amide bonds. The smallest absolute Gasteiger partial charge is 0.256 e. The van der Waals surface area contributed by atoms with Crippen LogP contribution < -0.4 is 10.6 Å². The van der Waals surface area contributed by atoms with E-state index < -0.39 is 11.3 Å². The summed E-state index contributed by atoms with van der Waals surface area (Å²) in [7, 11) is 1.72. The van der Waals surface area contributed by atoms with Crippen LogP contribution in [0.15, 0.2) is 18.3 Å². The Bertz CT molecular complexity index is 721. The highest BCUT2D eigenvalue weighted by atomic mass is 19.3. The van der Waals surface area contributed by atoms with Gasteiger partial charge in [0.2, 0.25) is 5.95 Å². The van der Waals surface area contributed by atoms with Gasteiger partial charge >= 0.3 is 0 Å². The average molecular weight is 320 g/mol. The summed E-state index contributed by atoms with van der Waals surface area (Å²) < 4.78 is 28.7. The number of nitrogens with zero attached hydrogens (tertiary/aromatic N) is 5. The van der Waals surface area contributed by atoms with Crippen molar-refractivity contribution in [1.82, 2.24) is 19.7 Å². The van der Waals surface area contributed by atoms with E-state index in [4.69, 9.17) is 5.73 Å². The van der Waals surface area contributed by atoms with E-state index in [9.17, 15) is 8.78 Å². The topological polar surface area (TPSA) is 72.9 Å². The molecule has 1 saturated heterocycles. The Morgan fingerprint density at radius 2 is 2.09 bits per heavy atom. The molecule has 2 fully saturated rings. The standard InChI is InChI=1S/C15H18F2N6/c1-22-13(18)20-12(21-22)10-3-4-11(19-7-10)23-6-2-5-14(9-23)8-15(14,16)17/h3-4,7H,2,5-6,8-9H2,1H3,(H2,18,20,21). The maximum atomic E-state index is 13.6. The zero-order valence-corrected chi connectivity index (χ0v) is 12.8. The van der Waals surface area contributed by atoms with Crippen molar-refractivity contribution in [3.8, 4) is 11.4 Å². The van der Waals surface area contributed by atoms with Crippen LogP contribution in [0.25, 0.3) is 11.4 Å². The molecule has 1 spiro atoms. The number of aryl methyl sites for hydroxylation is 1. The summed E-state index contributed by atoms with van der Waals surface area (Å²) in [5, 5.41) is 4.20. The van der Waals surface area contributed by atoms with Crippen molar-refractivity contribution < 1.29 is 8.78 Å². The molecule has 6 nitrogen and oxygen atoms in total. The fourth-order valence-electron chi connectivity index (χ4n) is 3.38. The van der Waals surface area contributed by atoms with Gasteiger partial charge in [-0.25, -0.2) is 18.4 Å². The van der Waals surface area contributed by atoms with Crippen molar-refractivity contribution in [2.45, 2.75) is 25.2 Å². The van der Waals surface area contributed by atoms with Gasteiger partial charge in [0.05, 0.1) is 5.41 Å². The highest BCUT2D eigenvalue weighted by molar-refractivity contribution is 5.57. The van der Waals surface area contributed by atoms with E-state index >= 15 is 0 Å². The maximum Gasteiger partial charge on any atom is 0.256 e. The van der Waals surface area contributed by atoms with Gasteiger partial charge in [-0.15, -0.1) is 5.10 Å². The number of hydrogen-bond donors (Lipinski definition) is 1. The number of hydrogen-bond acceptors (Lipinski definition) is 5. The number of aromatic nitrogens is 4. The van der Waals surface area contributed by atoms with E-state index in [0.29, 0.717) is 24.7 Å². The number of nitrogens with two attached hydrogens (primary N) is 1. The van der Waals surface area contributed by atoms with Crippen LogP contribution in [0.4, 0.5) is 20.5 Å². The molecule has 2 N–H and O–H groups in total. The van der Waals surface area contributed by atoms with E-state index in [0.717, 1.165) is 24.3 Å². The summed E-state index contributed by atoms with van der Waals surface area (Å²) in [4.78, 5) is 10.5. The normalized spacial score (nSPS) is 25.8. The van der Waals surface area contributed by atoms with E-state index in [2.05, 4.69) is 15.1 Å². The van der Waals surface area contributed by atoms with Gasteiger partial charge in [-0.05, 0) is 25.0 Å². The Balaban J connectivity index is 1.54. The van der Waals surface area contributed by atoms with Crippen molar-refractivity contribution in [3.05, 3.63) is 18.3 Å². The number of alkyl halides is 2. The molecule has 4 rings (SSSR count). The first kappa shape index (κ1) is 14.3. The minimum Gasteiger partial charge on any atom is -0.368 e. The van der Waals surface area contributed by atoms with Gasteiger partial charge in [-0.2, -0.15) is 4.98 Å². The molecule has 2 aromatic heterocycles. The van der Waals surface area contributed by atoms with Gasteiger partial charge in [0.1, 0.15) is 5.82 Å². The van der Waals surface area contributed by atoms with Gasteiger partial charge in [0.25, 0.3) is 5.92 Å².